The van der Waals surface area contributed by atoms with Gasteiger partial charge < -0.3 is 72.5 Å². The van der Waals surface area contributed by atoms with Crippen LogP contribution in [0.4, 0.5) is 80.2 Å². The molecule has 2 unspecified atom stereocenters. The highest BCUT2D eigenvalue weighted by molar-refractivity contribution is 6.40. The normalized spacial score (nSPS) is 14.0. The summed E-state index contributed by atoms with van der Waals surface area (Å²) in [5.41, 5.74) is -8.67. The van der Waals surface area contributed by atoms with Crippen molar-refractivity contribution in [1.29, 1.82) is 0 Å². The molecule has 0 radical (unpaired) electrons. The van der Waals surface area contributed by atoms with Crippen molar-refractivity contribution in [2.24, 2.45) is 27.1 Å². The molecule has 1 fully saturated rings. The average Bonchev–Trinajstić information content (AvgIpc) is 0.788. The van der Waals surface area contributed by atoms with Gasteiger partial charge in [0.1, 0.15) is 79.9 Å². The Morgan fingerprint density at radius 2 is 0.644 bits per heavy atom. The first-order chi connectivity index (χ1) is 47.2. The fourth-order valence-electron chi connectivity index (χ4n) is 6.74. The van der Waals surface area contributed by atoms with Crippen molar-refractivity contribution in [3.8, 4) is 17.2 Å². The molecule has 0 aromatic heterocycles. The number of carbonyl (C=O) groups excluding carboxylic acids is 8. The fourth-order valence-corrected chi connectivity index (χ4v) is 6.74. The summed E-state index contributed by atoms with van der Waals surface area (Å²) in [6, 6.07) is 17.1. The van der Waals surface area contributed by atoms with Gasteiger partial charge in [-0.3, -0.25) is 24.0 Å². The van der Waals surface area contributed by atoms with Crippen LogP contribution in [0.5, 0.6) is 17.2 Å². The number of hydrogen-bond donors (Lipinski definition) is 4. The Labute approximate surface area is 569 Å². The van der Waals surface area contributed by atoms with Gasteiger partial charge in [-0.15, -0.1) is 23.2 Å². The van der Waals surface area contributed by atoms with Gasteiger partial charge in [0.2, 0.25) is 105 Å². The summed E-state index contributed by atoms with van der Waals surface area (Å²) in [6.45, 7) is -4.35. The number of cyclic esters (lactones) is 2. The summed E-state index contributed by atoms with van der Waals surface area (Å²) in [4.78, 5) is 97.7. The van der Waals surface area contributed by atoms with Crippen LogP contribution in [0.2, 0.25) is 0 Å². The lowest BCUT2D eigenvalue weighted by Crippen LogP contribution is -2.45. The zero-order valence-corrected chi connectivity index (χ0v) is 53.9. The number of carbonyl (C=O) groups is 8. The Morgan fingerprint density at radius 3 is 0.921 bits per heavy atom. The molecule has 0 saturated carbocycles. The molecule has 1 aliphatic heterocycles. The van der Waals surface area contributed by atoms with Crippen LogP contribution < -0.4 is 14.2 Å². The van der Waals surface area contributed by atoms with Crippen molar-refractivity contribution in [3.63, 3.8) is 0 Å². The van der Waals surface area contributed by atoms with Crippen LogP contribution in [0, 0.1) is 114 Å². The van der Waals surface area contributed by atoms with Gasteiger partial charge in [0.25, 0.3) is 0 Å². The molecule has 0 amide bonds. The van der Waals surface area contributed by atoms with Gasteiger partial charge in [-0.2, -0.15) is 26.3 Å². The number of aliphatic hydroxyl groups excluding tert-OH is 4. The summed E-state index contributed by atoms with van der Waals surface area (Å²) in [6.07, 6.45) is -4.55. The SMILES string of the molecule is CC(CO)(CO)C(=O)OCc1ccccc1.CC(COC(=O)OCC(C)(CO)C(=O)Oc1c(F)c(F)c(F)c(F)c1F)(COC(=O)OCC(C)(CO)C(=O)Oc1c(F)c(F)c(F)c(F)c1F)C(=O)OCc1ccccc1.CC1(C(=O)Oc2c(F)c(F)c(F)c(F)c2F)COC(=O)OC1.ClCCl. The highest BCUT2D eigenvalue weighted by atomic mass is 35.5. The fraction of sp³-hybridized carbons (Fsp3) is 0.377. The zero-order valence-electron chi connectivity index (χ0n) is 52.4. The summed E-state index contributed by atoms with van der Waals surface area (Å²) in [5.74, 6) is -49.4. The molecule has 5 aromatic carbocycles. The van der Waals surface area contributed by atoms with Crippen LogP contribution in [0.3, 0.4) is 0 Å². The number of aliphatic hydroxyl groups is 4. The van der Waals surface area contributed by atoms with Gasteiger partial charge >= 0.3 is 48.3 Å². The minimum Gasteiger partial charge on any atom is -0.460 e. The van der Waals surface area contributed by atoms with E-state index < -0.39 is 253 Å². The Balaban J connectivity index is 0.000000518. The van der Waals surface area contributed by atoms with Crippen LogP contribution in [-0.2, 0) is 75.1 Å². The molecule has 0 spiro atoms. The van der Waals surface area contributed by atoms with E-state index in [1.165, 1.54) is 19.1 Å². The van der Waals surface area contributed by atoms with Crippen molar-refractivity contribution in [1.82, 2.24) is 0 Å². The van der Waals surface area contributed by atoms with Gasteiger partial charge in [0.15, 0.2) is 0 Å². The molecule has 1 aliphatic rings. The molecule has 4 N–H and O–H groups in total. The molecule has 1 heterocycles. The van der Waals surface area contributed by atoms with Crippen molar-refractivity contribution >= 4 is 71.5 Å². The molecule has 556 valence electrons. The predicted octanol–water partition coefficient (Wildman–Crippen LogP) is 10.2. The summed E-state index contributed by atoms with van der Waals surface area (Å²) >= 11 is 9.53. The second-order valence-corrected chi connectivity index (χ2v) is 22.8. The Kier molecular flexibility index (Phi) is 32.2. The second kappa shape index (κ2) is 37.9. The number of alkyl halides is 2. The van der Waals surface area contributed by atoms with E-state index in [1.54, 1.807) is 18.2 Å². The lowest BCUT2D eigenvalue weighted by Gasteiger charge is -2.29. The Morgan fingerprint density at radius 1 is 0.396 bits per heavy atom. The smallest absolute Gasteiger partial charge is 0.460 e. The van der Waals surface area contributed by atoms with E-state index in [9.17, 15) is 114 Å². The molecule has 2 atom stereocenters. The monoisotopic (exact) mass is 1510 g/mol. The van der Waals surface area contributed by atoms with Crippen molar-refractivity contribution in [2.75, 3.05) is 71.4 Å². The van der Waals surface area contributed by atoms with Crippen LogP contribution in [0.25, 0.3) is 0 Å². The van der Waals surface area contributed by atoms with E-state index in [0.29, 0.717) is 5.56 Å². The molecular weight excluding hydrogens is 1460 g/mol. The number of hydrogen-bond acceptors (Lipinski definition) is 23. The van der Waals surface area contributed by atoms with Crippen LogP contribution in [-0.4, -0.2) is 140 Å². The maximum atomic E-state index is 14.1. The molecule has 0 aliphatic carbocycles. The molecule has 5 aromatic rings. The third-order valence-electron chi connectivity index (χ3n) is 13.4. The number of rotatable bonds is 24. The summed E-state index contributed by atoms with van der Waals surface area (Å²) in [5, 5.41) is 37.7. The molecular formula is C61H55Cl2F15O23. The third-order valence-corrected chi connectivity index (χ3v) is 13.4. The minimum absolute atomic E-state index is 0.148. The van der Waals surface area contributed by atoms with Gasteiger partial charge in [-0.05, 0) is 45.7 Å². The largest absolute Gasteiger partial charge is 0.508 e. The molecule has 1 saturated heterocycles. The standard InChI is InChI=1S/C36H30F10O14.C12H7F5O5.C12H16O4.CH2Cl2/c1-34(10-47,30(50)59-27-23(43)19(39)17(37)20(40)24(27)44)12-55-32(52)57-14-36(3,29(49)54-9-16-7-5-4-6-8-16)15-58-33(53)56-13-35(2,11-48)31(51)60-28-25(45)21(41)18(38)22(42)26(28)46;1-12(2-20-11(19)21-3-12)10(18)22-9-7(16)5(14)4(13)6(15)8(9)17;1-12(8-13,9-14)11(15)16-7-10-5-3-2-4-6-10;2-1-3/h4-8,47-48H,9-15H2,1-3H3;2-3H2,1H3;2-6,13-14H,7-9H2,1H3;1H2. The molecule has 0 bridgehead atoms. The zero-order chi connectivity index (χ0) is 76.7. The van der Waals surface area contributed by atoms with Crippen molar-refractivity contribution < 1.29 is 177 Å². The number of esters is 5. The number of halogens is 17. The van der Waals surface area contributed by atoms with Crippen molar-refractivity contribution in [3.05, 3.63) is 159 Å². The predicted molar refractivity (Wildman–Crippen MR) is 305 cm³/mol. The molecule has 6 rings (SSSR count). The topological polar surface area (TPSA) is 319 Å². The number of ether oxygens (including phenoxy) is 11. The summed E-state index contributed by atoms with van der Waals surface area (Å²) in [7, 11) is 0. The van der Waals surface area contributed by atoms with E-state index in [2.05, 4.69) is 23.7 Å². The maximum absolute atomic E-state index is 14.1. The van der Waals surface area contributed by atoms with Gasteiger partial charge in [0.05, 0.1) is 31.8 Å². The Bertz CT molecular complexity index is 3570. The average molecular weight is 1510 g/mol. The van der Waals surface area contributed by atoms with Gasteiger partial charge in [-0.25, -0.2) is 53.9 Å². The van der Waals surface area contributed by atoms with Gasteiger partial charge in [-0.1, -0.05) is 60.7 Å². The summed E-state index contributed by atoms with van der Waals surface area (Å²) < 4.78 is 254. The number of benzene rings is 5. The van der Waals surface area contributed by atoms with E-state index >= 15 is 0 Å². The highest BCUT2D eigenvalue weighted by Crippen LogP contribution is 2.36. The quantitative estimate of drug-likeness (QED) is 0.00848. The van der Waals surface area contributed by atoms with E-state index in [0.717, 1.165) is 33.3 Å². The third kappa shape index (κ3) is 22.3. The molecule has 23 nitrogen and oxygen atoms in total. The first-order valence-electron chi connectivity index (χ1n) is 27.7. The first-order valence-corrected chi connectivity index (χ1v) is 28.8. The Hall–Kier alpha value is -9.37. The molecule has 101 heavy (non-hydrogen) atoms. The lowest BCUT2D eigenvalue weighted by atomic mass is 9.92. The lowest BCUT2D eigenvalue weighted by molar-refractivity contribution is -0.163. The first kappa shape index (κ1) is 85.9. The van der Waals surface area contributed by atoms with Crippen molar-refractivity contribution in [2.45, 2.75) is 47.8 Å². The van der Waals surface area contributed by atoms with Crippen LogP contribution in [0.1, 0.15) is 45.7 Å². The van der Waals surface area contributed by atoms with E-state index in [4.69, 9.17) is 61.8 Å². The van der Waals surface area contributed by atoms with Gasteiger partial charge in [0, 0.05) is 0 Å². The van der Waals surface area contributed by atoms with Crippen LogP contribution in [0.15, 0.2) is 60.7 Å². The van der Waals surface area contributed by atoms with Crippen LogP contribution >= 0.6 is 23.2 Å². The van der Waals surface area contributed by atoms with E-state index in [-0.39, 0.29) is 11.9 Å². The maximum Gasteiger partial charge on any atom is 0.508 e. The second-order valence-electron chi connectivity index (χ2n) is 22.0. The minimum atomic E-state index is -2.57. The molecule has 40 heteroatoms. The van der Waals surface area contributed by atoms with E-state index in [1.807, 2.05) is 30.3 Å². The highest BCUT2D eigenvalue weighted by Gasteiger charge is 2.46.